The number of rotatable bonds is 10. The zero-order valence-corrected chi connectivity index (χ0v) is 24.0. The van der Waals surface area contributed by atoms with Crippen molar-refractivity contribution in [2.75, 3.05) is 11.1 Å². The molecule has 0 bridgehead atoms. The number of halogens is 3. The number of anilines is 1. The van der Waals surface area contributed by atoms with Gasteiger partial charge < -0.3 is 15.2 Å². The first-order valence-electron chi connectivity index (χ1n) is 11.0. The lowest BCUT2D eigenvalue weighted by molar-refractivity contribution is -0.113. The summed E-state index contributed by atoms with van der Waals surface area (Å²) in [6.45, 7) is 6.72. The molecule has 0 unspecified atom stereocenters. The summed E-state index contributed by atoms with van der Waals surface area (Å²) in [5.41, 5.74) is 1.09. The fourth-order valence-electron chi connectivity index (χ4n) is 3.43. The Labute approximate surface area is 232 Å². The molecule has 0 radical (unpaired) electrons. The highest BCUT2D eigenvalue weighted by molar-refractivity contribution is 14.1. The van der Waals surface area contributed by atoms with E-state index in [9.17, 15) is 9.59 Å². The molecule has 0 aliphatic carbocycles. The summed E-state index contributed by atoms with van der Waals surface area (Å²) >= 11 is 15.7. The van der Waals surface area contributed by atoms with E-state index in [-0.39, 0.29) is 28.6 Å². The molecule has 2 aromatic carbocycles. The highest BCUT2D eigenvalue weighted by atomic mass is 127. The second-order valence-corrected chi connectivity index (χ2v) is 11.2. The Balaban J connectivity index is 1.74. The largest absolute Gasteiger partial charge is 0.342 e. The zero-order valence-electron chi connectivity index (χ0n) is 19.5. The predicted octanol–water partition coefficient (Wildman–Crippen LogP) is 6.46. The lowest BCUT2D eigenvalue weighted by Crippen LogP contribution is -2.31. The molecule has 1 aromatic heterocycles. The number of hydrogen-bond acceptors (Lipinski definition) is 5. The zero-order chi connectivity index (χ0) is 25.5. The molecule has 1 atom stereocenters. The molecule has 0 saturated carbocycles. The Morgan fingerprint density at radius 3 is 2.46 bits per heavy atom. The van der Waals surface area contributed by atoms with Crippen molar-refractivity contribution in [2.24, 2.45) is 5.92 Å². The molecule has 3 rings (SSSR count). The van der Waals surface area contributed by atoms with Crippen molar-refractivity contribution >= 4 is 75.1 Å². The predicted molar refractivity (Wildman–Crippen MR) is 150 cm³/mol. The van der Waals surface area contributed by atoms with E-state index < -0.39 is 0 Å². The minimum Gasteiger partial charge on any atom is -0.342 e. The van der Waals surface area contributed by atoms with E-state index in [2.05, 4.69) is 57.3 Å². The number of aromatic nitrogens is 3. The van der Waals surface area contributed by atoms with Crippen LogP contribution in [0.4, 0.5) is 5.69 Å². The molecule has 0 aliphatic rings. The number of thioether (sulfide) groups is 1. The van der Waals surface area contributed by atoms with Crippen LogP contribution in [-0.4, -0.2) is 32.3 Å². The van der Waals surface area contributed by atoms with Gasteiger partial charge in [0.15, 0.2) is 11.0 Å². The quantitative estimate of drug-likeness (QED) is 0.195. The van der Waals surface area contributed by atoms with Gasteiger partial charge in [0.25, 0.3) is 5.91 Å². The molecular weight excluding hydrogens is 620 g/mol. The van der Waals surface area contributed by atoms with Gasteiger partial charge in [0, 0.05) is 20.8 Å². The summed E-state index contributed by atoms with van der Waals surface area (Å²) in [5, 5.41) is 16.0. The van der Waals surface area contributed by atoms with Gasteiger partial charge in [0.1, 0.15) is 0 Å². The average molecular weight is 646 g/mol. The number of carbonyl (C=O) groups is 2. The first-order chi connectivity index (χ1) is 16.7. The molecule has 2 N–H and O–H groups in total. The lowest BCUT2D eigenvalue weighted by atomic mass is 10.0. The van der Waals surface area contributed by atoms with Crippen molar-refractivity contribution in [2.45, 2.75) is 44.9 Å². The first-order valence-corrected chi connectivity index (χ1v) is 13.9. The molecule has 0 fully saturated rings. The molecule has 0 spiro atoms. The number of carbonyl (C=O) groups excluding carboxylic acids is 2. The monoisotopic (exact) mass is 645 g/mol. The van der Waals surface area contributed by atoms with Crippen LogP contribution in [0.5, 0.6) is 0 Å². The van der Waals surface area contributed by atoms with Gasteiger partial charge in [-0.15, -0.1) is 10.2 Å². The van der Waals surface area contributed by atoms with Gasteiger partial charge >= 0.3 is 0 Å². The van der Waals surface area contributed by atoms with Crippen molar-refractivity contribution in [3.63, 3.8) is 0 Å². The van der Waals surface area contributed by atoms with Gasteiger partial charge in [-0.1, -0.05) is 48.8 Å². The summed E-state index contributed by atoms with van der Waals surface area (Å²) < 4.78 is 3.03. The molecule has 7 nitrogen and oxygen atoms in total. The van der Waals surface area contributed by atoms with Crippen LogP contribution in [-0.2, 0) is 11.3 Å². The van der Waals surface area contributed by atoms with Gasteiger partial charge in [0.2, 0.25) is 5.91 Å². The van der Waals surface area contributed by atoms with Crippen LogP contribution >= 0.6 is 57.6 Å². The summed E-state index contributed by atoms with van der Waals surface area (Å²) in [5.74, 6) is 0.673. The van der Waals surface area contributed by atoms with Gasteiger partial charge in [-0.3, -0.25) is 9.59 Å². The van der Waals surface area contributed by atoms with Crippen molar-refractivity contribution in [1.29, 1.82) is 0 Å². The van der Waals surface area contributed by atoms with E-state index in [0.29, 0.717) is 40.5 Å². The van der Waals surface area contributed by atoms with Gasteiger partial charge in [-0.2, -0.15) is 0 Å². The minimum absolute atomic E-state index is 0.132. The smallest absolute Gasteiger partial charge is 0.253 e. The Morgan fingerprint density at radius 1 is 1.11 bits per heavy atom. The third-order valence-electron chi connectivity index (χ3n) is 5.02. The molecular formula is C24H26Cl2IN5O2S. The Morgan fingerprint density at radius 2 is 1.83 bits per heavy atom. The Bertz CT molecular complexity index is 1190. The van der Waals surface area contributed by atoms with Gasteiger partial charge in [0.05, 0.1) is 22.4 Å². The molecule has 186 valence electrons. The third kappa shape index (κ3) is 7.83. The standard InChI is InChI=1S/C24H26Cl2IN5O2S/c1-4-32-22(20(11-14(2)3)29-23(34)18-10-5-15(25)12-19(18)26)30-31-24(32)35-13-21(33)28-17-8-6-16(27)7-9-17/h5-10,12,14,20H,4,11,13H2,1-3H3,(H,28,33)(H,29,34)/t20-/m0/s1. The maximum absolute atomic E-state index is 13.0. The van der Waals surface area contributed by atoms with Crippen molar-refractivity contribution in [3.05, 3.63) is 67.5 Å². The molecule has 1 heterocycles. The van der Waals surface area contributed by atoms with Crippen LogP contribution in [0.3, 0.4) is 0 Å². The van der Waals surface area contributed by atoms with Crippen LogP contribution < -0.4 is 10.6 Å². The maximum Gasteiger partial charge on any atom is 0.253 e. The van der Waals surface area contributed by atoms with Crippen LogP contribution in [0.2, 0.25) is 10.0 Å². The number of nitrogens with zero attached hydrogens (tertiary/aromatic N) is 3. The number of nitrogens with one attached hydrogen (secondary N) is 2. The Hall–Kier alpha value is -1.82. The summed E-state index contributed by atoms with van der Waals surface area (Å²) in [6, 6.07) is 12.0. The van der Waals surface area contributed by atoms with Gasteiger partial charge in [-0.05, 0) is 84.3 Å². The first kappa shape index (κ1) is 27.8. The van der Waals surface area contributed by atoms with E-state index in [0.717, 1.165) is 9.26 Å². The third-order valence-corrected chi connectivity index (χ3v) is 7.26. The number of hydrogen-bond donors (Lipinski definition) is 2. The van der Waals surface area contributed by atoms with E-state index in [4.69, 9.17) is 23.2 Å². The van der Waals surface area contributed by atoms with Crippen LogP contribution in [0.25, 0.3) is 0 Å². The molecule has 11 heteroatoms. The molecule has 35 heavy (non-hydrogen) atoms. The average Bonchev–Trinajstić information content (AvgIpc) is 3.21. The molecule has 0 saturated heterocycles. The van der Waals surface area contributed by atoms with Crippen LogP contribution in [0, 0.1) is 9.49 Å². The van der Waals surface area contributed by atoms with Crippen molar-refractivity contribution < 1.29 is 9.59 Å². The highest BCUT2D eigenvalue weighted by Gasteiger charge is 2.25. The van der Waals surface area contributed by atoms with E-state index in [1.807, 2.05) is 35.8 Å². The lowest BCUT2D eigenvalue weighted by Gasteiger charge is -2.21. The topological polar surface area (TPSA) is 88.9 Å². The van der Waals surface area contributed by atoms with E-state index in [1.54, 1.807) is 18.2 Å². The number of amides is 2. The SMILES string of the molecule is CCn1c(SCC(=O)Nc2ccc(I)cc2)nnc1[C@H](CC(C)C)NC(=O)c1ccc(Cl)cc1Cl. The second-order valence-electron chi connectivity index (χ2n) is 8.21. The maximum atomic E-state index is 13.0. The molecule has 3 aromatic rings. The van der Waals surface area contributed by atoms with Crippen LogP contribution in [0.1, 0.15) is 49.4 Å². The highest BCUT2D eigenvalue weighted by Crippen LogP contribution is 2.27. The Kier molecular flexibility index (Phi) is 10.3. The molecule has 0 aliphatic heterocycles. The molecule has 2 amide bonds. The number of benzene rings is 2. The van der Waals surface area contributed by atoms with Crippen molar-refractivity contribution in [3.8, 4) is 0 Å². The second kappa shape index (κ2) is 12.9. The minimum atomic E-state index is -0.378. The van der Waals surface area contributed by atoms with Gasteiger partial charge in [-0.25, -0.2) is 0 Å². The fourth-order valence-corrected chi connectivity index (χ4v) is 5.10. The summed E-state index contributed by atoms with van der Waals surface area (Å²) in [4.78, 5) is 25.4. The van der Waals surface area contributed by atoms with Crippen molar-refractivity contribution in [1.82, 2.24) is 20.1 Å². The summed E-state index contributed by atoms with van der Waals surface area (Å²) in [7, 11) is 0. The fraction of sp³-hybridized carbons (Fsp3) is 0.333. The van der Waals surface area contributed by atoms with Crippen LogP contribution in [0.15, 0.2) is 47.6 Å². The van der Waals surface area contributed by atoms with E-state index in [1.165, 1.54) is 11.8 Å². The van der Waals surface area contributed by atoms with E-state index >= 15 is 0 Å². The summed E-state index contributed by atoms with van der Waals surface area (Å²) in [6.07, 6.45) is 0.660. The normalized spacial score (nSPS) is 12.0.